The highest BCUT2D eigenvalue weighted by atomic mass is 16.5. The number of hydrogen-bond donors (Lipinski definition) is 1. The molecule has 1 aromatic heterocycles. The summed E-state index contributed by atoms with van der Waals surface area (Å²) in [6.07, 6.45) is 0.828. The molecule has 5 heteroatoms. The van der Waals surface area contributed by atoms with E-state index in [1.54, 1.807) is 0 Å². The molecule has 0 fully saturated rings. The summed E-state index contributed by atoms with van der Waals surface area (Å²) in [5.74, 6) is 0.486. The standard InChI is InChI=1S/C16H23N3O2/c1-5-7-21-15(20)10-19-14-9-12(4)11(3)8-13(14)18-16(19)17-6-2/h8-9H,5-7,10H2,1-4H3,(H,17,18). The molecule has 2 rings (SSSR count). The van der Waals surface area contributed by atoms with Crippen LogP contribution in [0.2, 0.25) is 0 Å². The zero-order valence-corrected chi connectivity index (χ0v) is 13.2. The molecule has 0 radical (unpaired) electrons. The van der Waals surface area contributed by atoms with Crippen LogP contribution in [0.5, 0.6) is 0 Å². The Morgan fingerprint density at radius 3 is 2.67 bits per heavy atom. The van der Waals surface area contributed by atoms with Crippen LogP contribution >= 0.6 is 0 Å². The second-order valence-corrected chi connectivity index (χ2v) is 5.20. The van der Waals surface area contributed by atoms with E-state index in [0.29, 0.717) is 12.6 Å². The van der Waals surface area contributed by atoms with Crippen LogP contribution in [0.4, 0.5) is 5.95 Å². The Morgan fingerprint density at radius 1 is 1.29 bits per heavy atom. The van der Waals surface area contributed by atoms with Crippen LogP contribution in [0.1, 0.15) is 31.4 Å². The van der Waals surface area contributed by atoms with Gasteiger partial charge in [-0.1, -0.05) is 6.92 Å². The Labute approximate surface area is 125 Å². The number of carbonyl (C=O) groups excluding carboxylic acids is 1. The molecule has 0 spiro atoms. The first-order valence-electron chi connectivity index (χ1n) is 7.43. The van der Waals surface area contributed by atoms with Gasteiger partial charge in [-0.25, -0.2) is 4.98 Å². The van der Waals surface area contributed by atoms with Crippen LogP contribution in [0.15, 0.2) is 12.1 Å². The SMILES string of the molecule is CCCOC(=O)Cn1c(NCC)nc2cc(C)c(C)cc21. The van der Waals surface area contributed by atoms with Crippen LogP contribution in [-0.2, 0) is 16.1 Å². The van der Waals surface area contributed by atoms with Gasteiger partial charge in [-0.2, -0.15) is 0 Å². The third-order valence-corrected chi connectivity index (χ3v) is 3.45. The van der Waals surface area contributed by atoms with Crippen molar-refractivity contribution in [2.75, 3.05) is 18.5 Å². The Bertz CT molecular complexity index is 646. The Balaban J connectivity index is 2.40. The van der Waals surface area contributed by atoms with Crippen molar-refractivity contribution in [1.82, 2.24) is 9.55 Å². The van der Waals surface area contributed by atoms with E-state index >= 15 is 0 Å². The lowest BCUT2D eigenvalue weighted by Crippen LogP contribution is -2.16. The van der Waals surface area contributed by atoms with Gasteiger partial charge in [-0.05, 0) is 50.5 Å². The number of hydrogen-bond acceptors (Lipinski definition) is 4. The Kier molecular flexibility index (Phi) is 4.83. The molecule has 0 amide bonds. The van der Waals surface area contributed by atoms with E-state index in [9.17, 15) is 4.79 Å². The van der Waals surface area contributed by atoms with Gasteiger partial charge in [0.25, 0.3) is 0 Å². The molecule has 1 aromatic carbocycles. The predicted molar refractivity (Wildman–Crippen MR) is 84.6 cm³/mol. The predicted octanol–water partition coefficient (Wildman–Crippen LogP) is 3.04. The van der Waals surface area contributed by atoms with E-state index in [2.05, 4.69) is 36.3 Å². The van der Waals surface area contributed by atoms with Crippen LogP contribution in [0, 0.1) is 13.8 Å². The van der Waals surface area contributed by atoms with E-state index in [1.807, 2.05) is 18.4 Å². The van der Waals surface area contributed by atoms with Crippen LogP contribution in [-0.4, -0.2) is 28.7 Å². The summed E-state index contributed by atoms with van der Waals surface area (Å²) in [5.41, 5.74) is 4.25. The van der Waals surface area contributed by atoms with Crippen molar-refractivity contribution in [3.63, 3.8) is 0 Å². The van der Waals surface area contributed by atoms with E-state index in [1.165, 1.54) is 11.1 Å². The molecule has 0 unspecified atom stereocenters. The molecule has 5 nitrogen and oxygen atoms in total. The van der Waals surface area contributed by atoms with Crippen LogP contribution < -0.4 is 5.32 Å². The Morgan fingerprint density at radius 2 is 2.00 bits per heavy atom. The number of aryl methyl sites for hydroxylation is 2. The minimum atomic E-state index is -0.228. The van der Waals surface area contributed by atoms with E-state index in [4.69, 9.17) is 4.74 Å². The Hall–Kier alpha value is -2.04. The summed E-state index contributed by atoms with van der Waals surface area (Å²) in [4.78, 5) is 16.5. The van der Waals surface area contributed by atoms with Crippen molar-refractivity contribution in [3.05, 3.63) is 23.3 Å². The molecule has 0 saturated heterocycles. The van der Waals surface area contributed by atoms with E-state index in [0.717, 1.165) is 24.0 Å². The first-order chi connectivity index (χ1) is 10.1. The number of fused-ring (bicyclic) bond motifs is 1. The zero-order valence-electron chi connectivity index (χ0n) is 13.2. The lowest BCUT2D eigenvalue weighted by atomic mass is 10.1. The van der Waals surface area contributed by atoms with Gasteiger partial charge in [0, 0.05) is 6.54 Å². The van der Waals surface area contributed by atoms with E-state index in [-0.39, 0.29) is 12.5 Å². The van der Waals surface area contributed by atoms with Crippen LogP contribution in [0.25, 0.3) is 11.0 Å². The number of rotatable bonds is 6. The monoisotopic (exact) mass is 289 g/mol. The van der Waals surface area contributed by atoms with Crippen LogP contribution in [0.3, 0.4) is 0 Å². The third kappa shape index (κ3) is 3.35. The highest BCUT2D eigenvalue weighted by Gasteiger charge is 2.15. The quantitative estimate of drug-likeness (QED) is 0.830. The normalized spacial score (nSPS) is 10.9. The number of anilines is 1. The van der Waals surface area contributed by atoms with Crippen molar-refractivity contribution in [2.24, 2.45) is 0 Å². The summed E-state index contributed by atoms with van der Waals surface area (Å²) in [7, 11) is 0. The molecule has 1 heterocycles. The van der Waals surface area contributed by atoms with Gasteiger partial charge >= 0.3 is 5.97 Å². The maximum absolute atomic E-state index is 11.9. The average molecular weight is 289 g/mol. The first-order valence-corrected chi connectivity index (χ1v) is 7.43. The number of nitrogens with zero attached hydrogens (tertiary/aromatic N) is 2. The second-order valence-electron chi connectivity index (χ2n) is 5.20. The van der Waals surface area contributed by atoms with Crippen molar-refractivity contribution >= 4 is 23.0 Å². The molecule has 21 heavy (non-hydrogen) atoms. The molecule has 114 valence electrons. The first kappa shape index (κ1) is 15.4. The summed E-state index contributed by atoms with van der Waals surface area (Å²) < 4.78 is 7.08. The maximum atomic E-state index is 11.9. The number of nitrogens with one attached hydrogen (secondary N) is 1. The molecular formula is C16H23N3O2. The molecule has 0 atom stereocenters. The smallest absolute Gasteiger partial charge is 0.326 e. The fourth-order valence-corrected chi connectivity index (χ4v) is 2.22. The molecule has 1 N–H and O–H groups in total. The molecule has 0 aliphatic heterocycles. The fraction of sp³-hybridized carbons (Fsp3) is 0.500. The second kappa shape index (κ2) is 6.61. The van der Waals surface area contributed by atoms with Gasteiger partial charge in [0.05, 0.1) is 17.6 Å². The van der Waals surface area contributed by atoms with Crippen molar-refractivity contribution in [3.8, 4) is 0 Å². The maximum Gasteiger partial charge on any atom is 0.326 e. The van der Waals surface area contributed by atoms with Gasteiger partial charge in [0.15, 0.2) is 0 Å². The molecular weight excluding hydrogens is 266 g/mol. The molecule has 2 aromatic rings. The van der Waals surface area contributed by atoms with Gasteiger partial charge in [0.1, 0.15) is 6.54 Å². The molecule has 0 bridgehead atoms. The summed E-state index contributed by atoms with van der Waals surface area (Å²) in [5, 5.41) is 3.21. The molecule has 0 saturated carbocycles. The molecule has 0 aliphatic carbocycles. The van der Waals surface area contributed by atoms with Crippen molar-refractivity contribution in [1.29, 1.82) is 0 Å². The van der Waals surface area contributed by atoms with Gasteiger partial charge in [0.2, 0.25) is 5.95 Å². The van der Waals surface area contributed by atoms with E-state index < -0.39 is 0 Å². The number of aromatic nitrogens is 2. The zero-order chi connectivity index (χ0) is 15.4. The number of ether oxygens (including phenoxy) is 1. The summed E-state index contributed by atoms with van der Waals surface area (Å²) >= 11 is 0. The molecule has 0 aliphatic rings. The number of imidazole rings is 1. The summed E-state index contributed by atoms with van der Waals surface area (Å²) in [6, 6.07) is 4.13. The minimum absolute atomic E-state index is 0.182. The van der Waals surface area contributed by atoms with Gasteiger partial charge < -0.3 is 10.1 Å². The number of benzene rings is 1. The lowest BCUT2D eigenvalue weighted by molar-refractivity contribution is -0.144. The van der Waals surface area contributed by atoms with Gasteiger partial charge in [-0.15, -0.1) is 0 Å². The minimum Gasteiger partial charge on any atom is -0.464 e. The number of carbonyl (C=O) groups is 1. The van der Waals surface area contributed by atoms with Gasteiger partial charge in [-0.3, -0.25) is 9.36 Å². The average Bonchev–Trinajstić information content (AvgIpc) is 2.75. The largest absolute Gasteiger partial charge is 0.464 e. The van der Waals surface area contributed by atoms with Crippen molar-refractivity contribution < 1.29 is 9.53 Å². The highest BCUT2D eigenvalue weighted by molar-refractivity contribution is 5.82. The summed E-state index contributed by atoms with van der Waals surface area (Å²) in [6.45, 7) is 9.52. The highest BCUT2D eigenvalue weighted by Crippen LogP contribution is 2.23. The number of esters is 1. The topological polar surface area (TPSA) is 56.1 Å². The fourth-order valence-electron chi connectivity index (χ4n) is 2.22. The lowest BCUT2D eigenvalue weighted by Gasteiger charge is -2.10. The third-order valence-electron chi connectivity index (χ3n) is 3.45. The van der Waals surface area contributed by atoms with Crippen molar-refractivity contribution in [2.45, 2.75) is 40.7 Å².